The Balaban J connectivity index is 2.09. The third-order valence-electron chi connectivity index (χ3n) is 3.14. The second-order valence-corrected chi connectivity index (χ2v) is 5.72. The highest BCUT2D eigenvalue weighted by atomic mass is 79.9. The molecule has 18 heavy (non-hydrogen) atoms. The number of aryl methyl sites for hydroxylation is 1. The summed E-state index contributed by atoms with van der Waals surface area (Å²) in [4.78, 5) is 0. The van der Waals surface area contributed by atoms with Crippen LogP contribution in [0.1, 0.15) is 25.3 Å². The molecule has 0 saturated carbocycles. The first-order chi connectivity index (χ1) is 8.72. The molecule has 0 aromatic heterocycles. The minimum absolute atomic E-state index is 0.767. The average Bonchev–Trinajstić information content (AvgIpc) is 2.38. The third-order valence-corrected chi connectivity index (χ3v) is 3.66. The molecule has 1 aromatic carbocycles. The molecule has 1 N–H and O–H groups in total. The first-order valence-electron chi connectivity index (χ1n) is 6.66. The molecule has 1 unspecified atom stereocenters. The molecule has 0 radical (unpaired) electrons. The van der Waals surface area contributed by atoms with E-state index in [1.54, 1.807) is 7.11 Å². The van der Waals surface area contributed by atoms with Crippen LogP contribution in [0.4, 0.5) is 0 Å². The maximum Gasteiger partial charge on any atom is 0.0587 e. The van der Waals surface area contributed by atoms with Gasteiger partial charge in [0, 0.05) is 18.1 Å². The van der Waals surface area contributed by atoms with Gasteiger partial charge in [0.1, 0.15) is 0 Å². The minimum atomic E-state index is 0.767. The highest BCUT2D eigenvalue weighted by Crippen LogP contribution is 2.15. The van der Waals surface area contributed by atoms with Crippen LogP contribution in [0.3, 0.4) is 0 Å². The van der Waals surface area contributed by atoms with Crippen LogP contribution in [-0.2, 0) is 11.2 Å². The SMILES string of the molecule is COCCNCCC(C)CCc1ccc(Br)cc1. The fourth-order valence-corrected chi connectivity index (χ4v) is 2.12. The van der Waals surface area contributed by atoms with E-state index in [1.807, 2.05) is 0 Å². The van der Waals surface area contributed by atoms with Gasteiger partial charge in [-0.05, 0) is 49.4 Å². The molecule has 0 aliphatic carbocycles. The number of ether oxygens (including phenoxy) is 1. The molecule has 0 spiro atoms. The summed E-state index contributed by atoms with van der Waals surface area (Å²) in [5.74, 6) is 0.767. The van der Waals surface area contributed by atoms with E-state index in [0.29, 0.717) is 0 Å². The van der Waals surface area contributed by atoms with Gasteiger partial charge in [0.15, 0.2) is 0 Å². The van der Waals surface area contributed by atoms with Gasteiger partial charge in [0.25, 0.3) is 0 Å². The number of benzene rings is 1. The van der Waals surface area contributed by atoms with Crippen molar-refractivity contribution in [3.05, 3.63) is 34.3 Å². The highest BCUT2D eigenvalue weighted by molar-refractivity contribution is 9.10. The molecule has 3 heteroatoms. The molecule has 0 heterocycles. The second kappa shape index (κ2) is 9.54. The van der Waals surface area contributed by atoms with Crippen LogP contribution in [0.5, 0.6) is 0 Å². The van der Waals surface area contributed by atoms with Crippen LogP contribution in [0, 0.1) is 5.92 Å². The van der Waals surface area contributed by atoms with Crippen LogP contribution in [0.2, 0.25) is 0 Å². The Bertz CT molecular complexity index is 313. The topological polar surface area (TPSA) is 21.3 Å². The first-order valence-corrected chi connectivity index (χ1v) is 7.45. The Morgan fingerprint density at radius 2 is 1.89 bits per heavy atom. The maximum atomic E-state index is 5.00. The molecule has 2 nitrogen and oxygen atoms in total. The normalized spacial score (nSPS) is 12.6. The predicted molar refractivity (Wildman–Crippen MR) is 81.0 cm³/mol. The maximum absolute atomic E-state index is 5.00. The fourth-order valence-electron chi connectivity index (χ4n) is 1.86. The highest BCUT2D eigenvalue weighted by Gasteiger charge is 2.02. The van der Waals surface area contributed by atoms with Crippen molar-refractivity contribution in [1.29, 1.82) is 0 Å². The van der Waals surface area contributed by atoms with Gasteiger partial charge in [-0.3, -0.25) is 0 Å². The molecule has 102 valence electrons. The lowest BCUT2D eigenvalue weighted by atomic mass is 9.98. The molecular formula is C15H24BrNO. The van der Waals surface area contributed by atoms with E-state index in [-0.39, 0.29) is 0 Å². The molecule has 0 fully saturated rings. The van der Waals surface area contributed by atoms with E-state index >= 15 is 0 Å². The zero-order valence-corrected chi connectivity index (χ0v) is 13.0. The van der Waals surface area contributed by atoms with Gasteiger partial charge in [0.2, 0.25) is 0 Å². The van der Waals surface area contributed by atoms with E-state index in [0.717, 1.165) is 30.1 Å². The summed E-state index contributed by atoms with van der Waals surface area (Å²) in [5.41, 5.74) is 1.43. The summed E-state index contributed by atoms with van der Waals surface area (Å²) in [7, 11) is 1.74. The van der Waals surface area contributed by atoms with E-state index < -0.39 is 0 Å². The zero-order chi connectivity index (χ0) is 13.2. The Morgan fingerprint density at radius 3 is 2.56 bits per heavy atom. The fraction of sp³-hybridized carbons (Fsp3) is 0.600. The lowest BCUT2D eigenvalue weighted by Gasteiger charge is -2.12. The Kier molecular flexibility index (Phi) is 8.31. The number of rotatable bonds is 9. The average molecular weight is 314 g/mol. The van der Waals surface area contributed by atoms with Crippen molar-refractivity contribution in [1.82, 2.24) is 5.32 Å². The number of methoxy groups -OCH3 is 1. The summed E-state index contributed by atoms with van der Waals surface area (Å²) < 4.78 is 6.15. The largest absolute Gasteiger partial charge is 0.383 e. The van der Waals surface area contributed by atoms with Crippen LogP contribution in [0.15, 0.2) is 28.7 Å². The first kappa shape index (κ1) is 15.7. The molecule has 0 aliphatic rings. The van der Waals surface area contributed by atoms with Gasteiger partial charge in [-0.15, -0.1) is 0 Å². The van der Waals surface area contributed by atoms with Crippen molar-refractivity contribution < 1.29 is 4.74 Å². The monoisotopic (exact) mass is 313 g/mol. The van der Waals surface area contributed by atoms with E-state index in [9.17, 15) is 0 Å². The Morgan fingerprint density at radius 1 is 1.17 bits per heavy atom. The van der Waals surface area contributed by atoms with Crippen LogP contribution < -0.4 is 5.32 Å². The molecule has 1 aromatic rings. The van der Waals surface area contributed by atoms with Crippen molar-refractivity contribution in [3.63, 3.8) is 0 Å². The lowest BCUT2D eigenvalue weighted by molar-refractivity contribution is 0.199. The second-order valence-electron chi connectivity index (χ2n) is 4.80. The van der Waals surface area contributed by atoms with Crippen LogP contribution in [0.25, 0.3) is 0 Å². The van der Waals surface area contributed by atoms with Crippen molar-refractivity contribution in [2.75, 3.05) is 26.8 Å². The number of hydrogen-bond acceptors (Lipinski definition) is 2. The van der Waals surface area contributed by atoms with Gasteiger partial charge in [-0.1, -0.05) is 35.0 Å². The Labute approximate surface area is 119 Å². The van der Waals surface area contributed by atoms with Crippen LogP contribution >= 0.6 is 15.9 Å². The molecule has 1 atom stereocenters. The summed E-state index contributed by atoms with van der Waals surface area (Å²) in [6, 6.07) is 8.64. The van der Waals surface area contributed by atoms with Crippen molar-refractivity contribution >= 4 is 15.9 Å². The minimum Gasteiger partial charge on any atom is -0.383 e. The Hall–Kier alpha value is -0.380. The van der Waals surface area contributed by atoms with E-state index in [1.165, 1.54) is 24.8 Å². The lowest BCUT2D eigenvalue weighted by Crippen LogP contribution is -2.21. The standard InChI is InChI=1S/C15H24BrNO/c1-13(9-10-17-11-12-18-2)3-4-14-5-7-15(16)8-6-14/h5-8,13,17H,3-4,9-12H2,1-2H3. The molecular weight excluding hydrogens is 290 g/mol. The third kappa shape index (κ3) is 7.14. The van der Waals surface area contributed by atoms with Gasteiger partial charge in [-0.25, -0.2) is 0 Å². The van der Waals surface area contributed by atoms with Gasteiger partial charge < -0.3 is 10.1 Å². The van der Waals surface area contributed by atoms with Gasteiger partial charge in [-0.2, -0.15) is 0 Å². The number of nitrogens with one attached hydrogen (secondary N) is 1. The molecule has 0 amide bonds. The predicted octanol–water partition coefficient (Wildman–Crippen LogP) is 3.64. The van der Waals surface area contributed by atoms with Gasteiger partial charge in [0.05, 0.1) is 6.61 Å². The number of hydrogen-bond donors (Lipinski definition) is 1. The molecule has 0 bridgehead atoms. The smallest absolute Gasteiger partial charge is 0.0587 e. The summed E-state index contributed by atoms with van der Waals surface area (Å²) >= 11 is 3.46. The zero-order valence-electron chi connectivity index (χ0n) is 11.4. The molecule has 0 saturated heterocycles. The van der Waals surface area contributed by atoms with Crippen molar-refractivity contribution in [2.24, 2.45) is 5.92 Å². The summed E-state index contributed by atoms with van der Waals surface area (Å²) in [6.45, 7) is 5.17. The van der Waals surface area contributed by atoms with Crippen molar-refractivity contribution in [2.45, 2.75) is 26.2 Å². The van der Waals surface area contributed by atoms with E-state index in [4.69, 9.17) is 4.74 Å². The number of halogens is 1. The van der Waals surface area contributed by atoms with Crippen LogP contribution in [-0.4, -0.2) is 26.8 Å². The molecule has 1 rings (SSSR count). The van der Waals surface area contributed by atoms with E-state index in [2.05, 4.69) is 52.4 Å². The van der Waals surface area contributed by atoms with Crippen molar-refractivity contribution in [3.8, 4) is 0 Å². The summed E-state index contributed by atoms with van der Waals surface area (Å²) in [5, 5.41) is 3.39. The summed E-state index contributed by atoms with van der Waals surface area (Å²) in [6.07, 6.45) is 3.67. The quantitative estimate of drug-likeness (QED) is 0.703. The van der Waals surface area contributed by atoms with Gasteiger partial charge >= 0.3 is 0 Å². The molecule has 0 aliphatic heterocycles.